The van der Waals surface area contributed by atoms with E-state index in [0.29, 0.717) is 25.4 Å². The lowest BCUT2D eigenvalue weighted by molar-refractivity contribution is 0.466. The zero-order valence-electron chi connectivity index (χ0n) is 9.33. The summed E-state index contributed by atoms with van der Waals surface area (Å²) in [5, 5.41) is 3.22. The summed E-state index contributed by atoms with van der Waals surface area (Å²) in [5.74, 6) is 0.294. The molecule has 15 heavy (non-hydrogen) atoms. The molecule has 88 valence electrons. The van der Waals surface area contributed by atoms with Gasteiger partial charge in [0.25, 0.3) is 0 Å². The van der Waals surface area contributed by atoms with Gasteiger partial charge in [0.05, 0.1) is 5.75 Å². The molecule has 1 heterocycles. The van der Waals surface area contributed by atoms with E-state index in [2.05, 4.69) is 18.8 Å². The van der Waals surface area contributed by atoms with Crippen LogP contribution in [-0.4, -0.2) is 44.7 Å². The van der Waals surface area contributed by atoms with Crippen LogP contribution in [-0.2, 0) is 10.0 Å². The summed E-state index contributed by atoms with van der Waals surface area (Å²) in [5.41, 5.74) is 0.939. The molecule has 1 N–H and O–H groups in total. The quantitative estimate of drug-likeness (QED) is 0.538. The predicted octanol–water partition coefficient (Wildman–Crippen LogP) is 0.578. The fourth-order valence-electron chi connectivity index (χ4n) is 1.62. The minimum atomic E-state index is -2.97. The monoisotopic (exact) mass is 232 g/mol. The lowest BCUT2D eigenvalue weighted by Crippen LogP contribution is -2.30. The van der Waals surface area contributed by atoms with Crippen molar-refractivity contribution in [2.75, 3.05) is 31.9 Å². The van der Waals surface area contributed by atoms with E-state index in [4.69, 9.17) is 0 Å². The van der Waals surface area contributed by atoms with Crippen molar-refractivity contribution in [3.05, 3.63) is 12.2 Å². The first-order valence-electron chi connectivity index (χ1n) is 5.41. The van der Waals surface area contributed by atoms with Crippen molar-refractivity contribution in [3.8, 4) is 0 Å². The molecule has 1 rings (SSSR count). The van der Waals surface area contributed by atoms with Gasteiger partial charge in [0.2, 0.25) is 10.0 Å². The average molecular weight is 232 g/mol. The largest absolute Gasteiger partial charge is 0.313 e. The van der Waals surface area contributed by atoms with E-state index in [-0.39, 0.29) is 0 Å². The summed E-state index contributed by atoms with van der Waals surface area (Å²) in [7, 11) is -2.97. The smallest absolute Gasteiger partial charge is 0.214 e. The van der Waals surface area contributed by atoms with Gasteiger partial charge in [0, 0.05) is 19.6 Å². The minimum absolute atomic E-state index is 0.294. The van der Waals surface area contributed by atoms with E-state index in [1.807, 2.05) is 0 Å². The molecule has 1 fully saturated rings. The maximum Gasteiger partial charge on any atom is 0.214 e. The number of nitrogens with one attached hydrogen (secondary N) is 1. The van der Waals surface area contributed by atoms with Crippen LogP contribution in [0.5, 0.6) is 0 Å². The van der Waals surface area contributed by atoms with Crippen LogP contribution in [0.3, 0.4) is 0 Å². The molecule has 5 heteroatoms. The van der Waals surface area contributed by atoms with Crippen molar-refractivity contribution in [3.63, 3.8) is 0 Å². The Morgan fingerprint density at radius 2 is 2.27 bits per heavy atom. The molecule has 0 radical (unpaired) electrons. The fourth-order valence-corrected chi connectivity index (χ4v) is 3.15. The van der Waals surface area contributed by atoms with Gasteiger partial charge in [-0.2, -0.15) is 4.31 Å². The maximum atomic E-state index is 11.5. The number of hydrogen-bond acceptors (Lipinski definition) is 3. The van der Waals surface area contributed by atoms with Crippen LogP contribution in [0.15, 0.2) is 12.2 Å². The van der Waals surface area contributed by atoms with Crippen molar-refractivity contribution < 1.29 is 8.42 Å². The summed E-state index contributed by atoms with van der Waals surface area (Å²) >= 11 is 0. The zero-order valence-corrected chi connectivity index (χ0v) is 10.1. The highest BCUT2D eigenvalue weighted by Crippen LogP contribution is 2.14. The summed E-state index contributed by atoms with van der Waals surface area (Å²) in [4.78, 5) is 0. The van der Waals surface area contributed by atoms with Gasteiger partial charge in [-0.3, -0.25) is 0 Å². The number of nitrogens with zero attached hydrogens (tertiary/aromatic N) is 1. The summed E-state index contributed by atoms with van der Waals surface area (Å²) in [6.45, 7) is 8.76. The topological polar surface area (TPSA) is 49.4 Å². The van der Waals surface area contributed by atoms with Gasteiger partial charge in [-0.25, -0.2) is 8.42 Å². The average Bonchev–Trinajstić information content (AvgIpc) is 2.46. The van der Waals surface area contributed by atoms with Gasteiger partial charge in [0.15, 0.2) is 0 Å². The Hall–Kier alpha value is -0.390. The van der Waals surface area contributed by atoms with E-state index in [9.17, 15) is 8.42 Å². The van der Waals surface area contributed by atoms with Crippen molar-refractivity contribution >= 4 is 10.0 Å². The maximum absolute atomic E-state index is 11.5. The second-order valence-corrected chi connectivity index (χ2v) is 6.02. The lowest BCUT2D eigenvalue weighted by atomic mass is 10.3. The first kappa shape index (κ1) is 12.7. The molecule has 4 nitrogen and oxygen atoms in total. The van der Waals surface area contributed by atoms with Gasteiger partial charge < -0.3 is 5.32 Å². The molecule has 0 aliphatic carbocycles. The molecule has 1 saturated heterocycles. The first-order valence-corrected chi connectivity index (χ1v) is 7.02. The van der Waals surface area contributed by atoms with E-state index in [1.165, 1.54) is 4.31 Å². The summed E-state index contributed by atoms with van der Waals surface area (Å²) in [6, 6.07) is 0. The van der Waals surface area contributed by atoms with E-state index in [0.717, 1.165) is 25.0 Å². The lowest BCUT2D eigenvalue weighted by Gasteiger charge is -2.16. The third-order valence-corrected chi connectivity index (χ3v) is 4.31. The molecular weight excluding hydrogens is 212 g/mol. The third kappa shape index (κ3) is 3.93. The molecule has 1 aliphatic rings. The van der Waals surface area contributed by atoms with E-state index in [1.54, 1.807) is 0 Å². The van der Waals surface area contributed by atoms with Crippen LogP contribution < -0.4 is 5.32 Å². The SMILES string of the molecule is C=C(CNCCC)CN1CCCS1(=O)=O. The normalized spacial score (nSPS) is 20.6. The highest BCUT2D eigenvalue weighted by molar-refractivity contribution is 7.89. The van der Waals surface area contributed by atoms with Crippen LogP contribution in [0, 0.1) is 0 Å². The highest BCUT2D eigenvalue weighted by atomic mass is 32.2. The standard InChI is InChI=1S/C10H20N2O2S/c1-3-5-11-8-10(2)9-12-6-4-7-15(12,13)14/h11H,2-9H2,1H3. The van der Waals surface area contributed by atoms with Crippen LogP contribution in [0.1, 0.15) is 19.8 Å². The van der Waals surface area contributed by atoms with Gasteiger partial charge in [-0.05, 0) is 25.0 Å². The molecule has 0 aromatic rings. The highest BCUT2D eigenvalue weighted by Gasteiger charge is 2.27. The minimum Gasteiger partial charge on any atom is -0.313 e. The van der Waals surface area contributed by atoms with E-state index < -0.39 is 10.0 Å². The molecule has 0 saturated carbocycles. The Morgan fingerprint density at radius 1 is 1.53 bits per heavy atom. The third-order valence-electron chi connectivity index (χ3n) is 2.40. The predicted molar refractivity (Wildman–Crippen MR) is 62.3 cm³/mol. The van der Waals surface area contributed by atoms with Gasteiger partial charge >= 0.3 is 0 Å². The van der Waals surface area contributed by atoms with Crippen LogP contribution >= 0.6 is 0 Å². The van der Waals surface area contributed by atoms with Gasteiger partial charge in [-0.1, -0.05) is 13.5 Å². The fraction of sp³-hybridized carbons (Fsp3) is 0.800. The number of rotatable bonds is 6. The molecule has 0 spiro atoms. The molecular formula is C10H20N2O2S. The molecule has 0 aromatic heterocycles. The first-order chi connectivity index (χ1) is 7.06. The zero-order chi connectivity index (χ0) is 11.3. The molecule has 1 aliphatic heterocycles. The Labute approximate surface area is 92.4 Å². The molecule has 0 atom stereocenters. The second-order valence-electron chi connectivity index (χ2n) is 3.93. The molecule has 0 amide bonds. The van der Waals surface area contributed by atoms with Crippen LogP contribution in [0.4, 0.5) is 0 Å². The molecule has 0 bridgehead atoms. The Kier molecular flexibility index (Phi) is 4.76. The van der Waals surface area contributed by atoms with E-state index >= 15 is 0 Å². The Bertz CT molecular complexity index is 311. The van der Waals surface area contributed by atoms with Gasteiger partial charge in [0.1, 0.15) is 0 Å². The number of sulfonamides is 1. The summed E-state index contributed by atoms with van der Waals surface area (Å²) in [6.07, 6.45) is 1.83. The number of hydrogen-bond donors (Lipinski definition) is 1. The van der Waals surface area contributed by atoms with Crippen LogP contribution in [0.25, 0.3) is 0 Å². The van der Waals surface area contributed by atoms with Gasteiger partial charge in [-0.15, -0.1) is 0 Å². The van der Waals surface area contributed by atoms with Crippen LogP contribution in [0.2, 0.25) is 0 Å². The molecule has 0 aromatic carbocycles. The van der Waals surface area contributed by atoms with Crippen molar-refractivity contribution in [2.45, 2.75) is 19.8 Å². The molecule has 0 unspecified atom stereocenters. The van der Waals surface area contributed by atoms with Crippen molar-refractivity contribution in [1.29, 1.82) is 0 Å². The van der Waals surface area contributed by atoms with Crippen molar-refractivity contribution in [2.24, 2.45) is 0 Å². The Morgan fingerprint density at radius 3 is 2.80 bits per heavy atom. The summed E-state index contributed by atoms with van der Waals surface area (Å²) < 4.78 is 24.5. The van der Waals surface area contributed by atoms with Crippen molar-refractivity contribution in [1.82, 2.24) is 9.62 Å². The second kappa shape index (κ2) is 5.63. The Balaban J connectivity index is 2.32.